The second kappa shape index (κ2) is 13.3. The smallest absolute Gasteiger partial charge is 0.366 e. The van der Waals surface area contributed by atoms with Crippen molar-refractivity contribution in [1.29, 1.82) is 0 Å². The Balaban J connectivity index is 1.84. The third-order valence-corrected chi connectivity index (χ3v) is 7.10. The number of ether oxygens (including phenoxy) is 1. The number of hydrogen-bond acceptors (Lipinski definition) is 5. The summed E-state index contributed by atoms with van der Waals surface area (Å²) in [5.41, 5.74) is 2.47. The number of allylic oxidation sites excluding steroid dienone is 1. The molecule has 3 aromatic carbocycles. The molecule has 2 atom stereocenters. The molecule has 41 heavy (non-hydrogen) atoms. The first-order valence-corrected chi connectivity index (χ1v) is 13.2. The number of hydrogen-bond donors (Lipinski definition) is 4. The lowest BCUT2D eigenvalue weighted by molar-refractivity contribution is -0.912. The number of quaternary nitrogens is 1. The molecule has 0 amide bonds. The predicted octanol–water partition coefficient (Wildman–Crippen LogP) is 4.25. The molecule has 0 aliphatic carbocycles. The van der Waals surface area contributed by atoms with Crippen LogP contribution in [0.15, 0.2) is 84.9 Å². The van der Waals surface area contributed by atoms with Crippen molar-refractivity contribution in [3.8, 4) is 5.75 Å². The van der Waals surface area contributed by atoms with Crippen LogP contribution in [0, 0.1) is 0 Å². The van der Waals surface area contributed by atoms with Crippen LogP contribution in [0.1, 0.15) is 36.5 Å². The van der Waals surface area contributed by atoms with E-state index in [4.69, 9.17) is 9.84 Å². The maximum atomic E-state index is 12.0. The molecule has 0 bridgehead atoms. The highest BCUT2D eigenvalue weighted by molar-refractivity contribution is 5.98. The summed E-state index contributed by atoms with van der Waals surface area (Å²) >= 11 is 0. The summed E-state index contributed by atoms with van der Waals surface area (Å²) in [6.07, 6.45) is -0.446. The monoisotopic (exact) mass is 562 g/mol. The summed E-state index contributed by atoms with van der Waals surface area (Å²) in [5.74, 6) is -4.65. The number of carboxylic acids is 3. The van der Waals surface area contributed by atoms with Gasteiger partial charge in [0.25, 0.3) is 0 Å². The molecular formula is C32H36NO8+. The molecule has 0 aromatic heterocycles. The lowest BCUT2D eigenvalue weighted by Gasteiger charge is -2.41. The highest BCUT2D eigenvalue weighted by Crippen LogP contribution is 2.35. The summed E-state index contributed by atoms with van der Waals surface area (Å²) in [6.45, 7) is 2.09. The number of aliphatic hydroxyl groups is 1. The molecule has 0 radical (unpaired) electrons. The summed E-state index contributed by atoms with van der Waals surface area (Å²) in [5, 5.41) is 39.1. The first-order chi connectivity index (χ1) is 19.4. The van der Waals surface area contributed by atoms with E-state index in [1.165, 1.54) is 19.7 Å². The predicted molar refractivity (Wildman–Crippen MR) is 154 cm³/mol. The van der Waals surface area contributed by atoms with Crippen LogP contribution in [0.25, 0.3) is 11.1 Å². The van der Waals surface area contributed by atoms with Gasteiger partial charge in [-0.25, -0.2) is 9.59 Å². The molecule has 9 nitrogen and oxygen atoms in total. The van der Waals surface area contributed by atoms with Crippen molar-refractivity contribution in [2.75, 3.05) is 27.2 Å². The van der Waals surface area contributed by atoms with Crippen LogP contribution >= 0.6 is 0 Å². The highest BCUT2D eigenvalue weighted by Gasteiger charge is 2.58. The Morgan fingerprint density at radius 1 is 0.805 bits per heavy atom. The maximum absolute atomic E-state index is 12.0. The van der Waals surface area contributed by atoms with Crippen LogP contribution in [-0.4, -0.2) is 81.7 Å². The molecular weight excluding hydrogens is 526 g/mol. The molecule has 0 saturated carbocycles. The van der Waals surface area contributed by atoms with E-state index >= 15 is 0 Å². The van der Waals surface area contributed by atoms with Gasteiger partial charge in [0.15, 0.2) is 0 Å². The minimum atomic E-state index is -3.02. The van der Waals surface area contributed by atoms with E-state index in [1.54, 1.807) is 0 Å². The molecule has 2 unspecified atom stereocenters. The van der Waals surface area contributed by atoms with Crippen molar-refractivity contribution in [3.05, 3.63) is 102 Å². The van der Waals surface area contributed by atoms with Crippen LogP contribution in [0.4, 0.5) is 0 Å². The first kappa shape index (κ1) is 31.1. The van der Waals surface area contributed by atoms with Crippen molar-refractivity contribution < 1.29 is 44.0 Å². The lowest BCUT2D eigenvalue weighted by Crippen LogP contribution is -2.68. The van der Waals surface area contributed by atoms with E-state index in [9.17, 15) is 29.7 Å². The van der Waals surface area contributed by atoms with Crippen LogP contribution < -0.4 is 4.74 Å². The number of likely N-dealkylation sites (N-methyl/N-ethyl adjacent to an activating group) is 1. The Morgan fingerprint density at radius 2 is 1.32 bits per heavy atom. The molecule has 0 heterocycles. The molecule has 0 fully saturated rings. The van der Waals surface area contributed by atoms with Gasteiger partial charge < -0.3 is 29.6 Å². The van der Waals surface area contributed by atoms with Gasteiger partial charge in [0.2, 0.25) is 11.6 Å². The van der Waals surface area contributed by atoms with Gasteiger partial charge in [-0.3, -0.25) is 4.79 Å². The van der Waals surface area contributed by atoms with Crippen molar-refractivity contribution in [1.82, 2.24) is 0 Å². The summed E-state index contributed by atoms with van der Waals surface area (Å²) < 4.78 is 5.34. The zero-order valence-corrected chi connectivity index (χ0v) is 23.4. The number of benzene rings is 3. The molecule has 4 N–H and O–H groups in total. The topological polar surface area (TPSA) is 141 Å². The minimum Gasteiger partial charge on any atom is -0.488 e. The molecule has 9 heteroatoms. The van der Waals surface area contributed by atoms with E-state index in [2.05, 4.69) is 31.2 Å². The number of nitrogens with zero attached hydrogens (tertiary/aromatic N) is 1. The summed E-state index contributed by atoms with van der Waals surface area (Å²) in [4.78, 5) is 35.0. The standard InChI is InChI=1S/C32H35NO8/c1-4-26(22-11-7-5-8-12-22)28(23-13-9-6-10-14-23)24-15-17-25(18-16-24)41-20-19-33(2,3)29(30(36)37)32(40,31(38)39)21-27(34)35/h5-18,29,40H,4,19-21H2,1-3H3,(H2-,34,35,36,37,38,39)/p+1. The molecule has 0 saturated heterocycles. The molecule has 216 valence electrons. The van der Waals surface area contributed by atoms with Gasteiger partial charge in [0, 0.05) is 0 Å². The van der Waals surface area contributed by atoms with Gasteiger partial charge in [0.1, 0.15) is 18.9 Å². The molecule has 3 rings (SSSR count). The lowest BCUT2D eigenvalue weighted by atomic mass is 9.88. The summed E-state index contributed by atoms with van der Waals surface area (Å²) in [6, 6.07) is 25.9. The van der Waals surface area contributed by atoms with Crippen molar-refractivity contribution in [2.45, 2.75) is 31.4 Å². The average Bonchev–Trinajstić information content (AvgIpc) is 2.92. The Labute approximate surface area is 239 Å². The average molecular weight is 563 g/mol. The quantitative estimate of drug-likeness (QED) is 0.169. The molecule has 0 aliphatic heterocycles. The fraction of sp³-hybridized carbons (Fsp3) is 0.281. The number of aliphatic carboxylic acids is 3. The summed E-state index contributed by atoms with van der Waals surface area (Å²) in [7, 11) is 2.82. The van der Waals surface area contributed by atoms with Crippen molar-refractivity contribution >= 4 is 29.1 Å². The Bertz CT molecular complexity index is 1380. The SMILES string of the molecule is CCC(=C(c1ccccc1)c1ccc(OCC[N+](C)(C)C(C(=O)O)C(O)(CC(=O)O)C(=O)O)cc1)c1ccccc1. The fourth-order valence-corrected chi connectivity index (χ4v) is 5.13. The van der Waals surface area contributed by atoms with Crippen LogP contribution in [0.2, 0.25) is 0 Å². The van der Waals surface area contributed by atoms with Gasteiger partial charge in [-0.2, -0.15) is 0 Å². The van der Waals surface area contributed by atoms with Gasteiger partial charge in [-0.05, 0) is 46.4 Å². The normalized spacial score (nSPS) is 14.3. The van der Waals surface area contributed by atoms with Crippen LogP contribution in [-0.2, 0) is 14.4 Å². The van der Waals surface area contributed by atoms with Gasteiger partial charge in [0.05, 0.1) is 20.5 Å². The number of carbonyl (C=O) groups is 3. The third-order valence-electron chi connectivity index (χ3n) is 7.10. The Morgan fingerprint density at radius 3 is 1.78 bits per heavy atom. The van der Waals surface area contributed by atoms with E-state index in [1.807, 2.05) is 60.7 Å². The molecule has 0 spiro atoms. The van der Waals surface area contributed by atoms with Gasteiger partial charge >= 0.3 is 17.9 Å². The second-order valence-electron chi connectivity index (χ2n) is 10.4. The highest BCUT2D eigenvalue weighted by atomic mass is 16.5. The third kappa shape index (κ3) is 7.39. The zero-order valence-electron chi connectivity index (χ0n) is 23.4. The maximum Gasteiger partial charge on any atom is 0.366 e. The van der Waals surface area contributed by atoms with E-state index in [0.717, 1.165) is 28.7 Å². The van der Waals surface area contributed by atoms with Gasteiger partial charge in [-0.1, -0.05) is 79.7 Å². The molecule has 3 aromatic rings. The fourth-order valence-electron chi connectivity index (χ4n) is 5.13. The van der Waals surface area contributed by atoms with E-state index in [0.29, 0.717) is 5.75 Å². The number of carboxylic acid groups (broad SMARTS) is 3. The zero-order chi connectivity index (χ0) is 30.2. The van der Waals surface area contributed by atoms with E-state index in [-0.39, 0.29) is 13.2 Å². The Kier molecular flexibility index (Phi) is 10.0. The Hall–Kier alpha value is -4.47. The molecule has 0 aliphatic rings. The minimum absolute atomic E-state index is 0.00942. The van der Waals surface area contributed by atoms with Crippen LogP contribution in [0.3, 0.4) is 0 Å². The largest absolute Gasteiger partial charge is 0.488 e. The van der Waals surface area contributed by atoms with Gasteiger partial charge in [-0.15, -0.1) is 0 Å². The first-order valence-electron chi connectivity index (χ1n) is 13.2. The van der Waals surface area contributed by atoms with Crippen molar-refractivity contribution in [3.63, 3.8) is 0 Å². The van der Waals surface area contributed by atoms with E-state index < -0.39 is 40.5 Å². The van der Waals surface area contributed by atoms with Crippen LogP contribution in [0.5, 0.6) is 5.75 Å². The second-order valence-corrected chi connectivity index (χ2v) is 10.4. The number of rotatable bonds is 14. The van der Waals surface area contributed by atoms with Crippen molar-refractivity contribution in [2.24, 2.45) is 0 Å².